The van der Waals surface area contributed by atoms with Crippen LogP contribution in [0, 0.1) is 5.92 Å². The quantitative estimate of drug-likeness (QED) is 0.388. The number of nitrogens with zero attached hydrogens (tertiary/aromatic N) is 4. The van der Waals surface area contributed by atoms with Gasteiger partial charge in [-0.05, 0) is 54.9 Å². The maximum Gasteiger partial charge on any atom is 0.191 e. The Labute approximate surface area is 188 Å². The highest BCUT2D eigenvalue weighted by Crippen LogP contribution is 2.29. The zero-order valence-electron chi connectivity index (χ0n) is 18.2. The van der Waals surface area contributed by atoms with Crippen molar-refractivity contribution in [3.8, 4) is 11.4 Å². The number of aliphatic imine (C=N–C) groups is 1. The first-order valence-electron chi connectivity index (χ1n) is 10.9. The molecule has 3 N–H and O–H groups in total. The summed E-state index contributed by atoms with van der Waals surface area (Å²) in [6, 6.07) is 13.1. The van der Waals surface area contributed by atoms with Gasteiger partial charge in [0, 0.05) is 30.6 Å². The van der Waals surface area contributed by atoms with Crippen LogP contribution in [-0.2, 0) is 6.54 Å². The van der Waals surface area contributed by atoms with Crippen LogP contribution < -0.4 is 10.6 Å². The minimum Gasteiger partial charge on any atom is -0.354 e. The first-order chi connectivity index (χ1) is 15.2. The van der Waals surface area contributed by atoms with Crippen LogP contribution in [0.5, 0.6) is 0 Å². The molecule has 0 radical (unpaired) electrons. The van der Waals surface area contributed by atoms with Crippen molar-refractivity contribution in [3.63, 3.8) is 0 Å². The minimum absolute atomic E-state index is 0.376. The highest BCUT2D eigenvalue weighted by molar-refractivity contribution is 7.10. The number of aromatic amines is 1. The van der Waals surface area contributed by atoms with Gasteiger partial charge in [0.25, 0.3) is 0 Å². The van der Waals surface area contributed by atoms with E-state index in [0.717, 1.165) is 48.5 Å². The van der Waals surface area contributed by atoms with Crippen LogP contribution in [0.25, 0.3) is 11.4 Å². The number of hydrogen-bond donors (Lipinski definition) is 3. The van der Waals surface area contributed by atoms with E-state index in [1.807, 2.05) is 30.5 Å². The Morgan fingerprint density at radius 1 is 1.26 bits per heavy atom. The average Bonchev–Trinajstić information content (AvgIpc) is 3.52. The Balaban J connectivity index is 1.35. The number of thiophene rings is 1. The van der Waals surface area contributed by atoms with Gasteiger partial charge in [0.1, 0.15) is 6.33 Å². The fraction of sp³-hybridized carbons (Fsp3) is 0.435. The van der Waals surface area contributed by atoms with E-state index in [2.05, 4.69) is 72.3 Å². The third-order valence-corrected chi connectivity index (χ3v) is 6.87. The molecule has 164 valence electrons. The van der Waals surface area contributed by atoms with Crippen molar-refractivity contribution in [1.82, 2.24) is 30.7 Å². The largest absolute Gasteiger partial charge is 0.354 e. The summed E-state index contributed by atoms with van der Waals surface area (Å²) in [6.07, 6.45) is 4.08. The lowest BCUT2D eigenvalue weighted by atomic mass is 9.97. The maximum atomic E-state index is 4.44. The SMILES string of the molecule is CN=C(NCc1cccc(-c2ncn[nH]2)c1)NCC(c1cccs1)N1CCC(C)CC1. The molecule has 1 unspecified atom stereocenters. The third kappa shape index (κ3) is 5.71. The van der Waals surface area contributed by atoms with Crippen molar-refractivity contribution in [2.75, 3.05) is 26.7 Å². The lowest BCUT2D eigenvalue weighted by molar-refractivity contribution is 0.140. The van der Waals surface area contributed by atoms with Gasteiger partial charge >= 0.3 is 0 Å². The zero-order valence-corrected chi connectivity index (χ0v) is 19.0. The molecule has 1 aliphatic heterocycles. The molecule has 0 spiro atoms. The van der Waals surface area contributed by atoms with Crippen molar-refractivity contribution in [2.24, 2.45) is 10.9 Å². The molecule has 4 rings (SSSR count). The molecule has 0 aliphatic carbocycles. The molecule has 1 aliphatic rings. The highest BCUT2D eigenvalue weighted by Gasteiger charge is 2.25. The second-order valence-corrected chi connectivity index (χ2v) is 9.07. The number of rotatable bonds is 7. The summed E-state index contributed by atoms with van der Waals surface area (Å²) in [7, 11) is 1.82. The highest BCUT2D eigenvalue weighted by atomic mass is 32.1. The van der Waals surface area contributed by atoms with Crippen molar-refractivity contribution in [2.45, 2.75) is 32.4 Å². The van der Waals surface area contributed by atoms with Crippen LogP contribution in [0.3, 0.4) is 0 Å². The summed E-state index contributed by atoms with van der Waals surface area (Å²) in [5.41, 5.74) is 2.19. The van der Waals surface area contributed by atoms with Crippen LogP contribution in [0.2, 0.25) is 0 Å². The number of benzene rings is 1. The van der Waals surface area contributed by atoms with Crippen molar-refractivity contribution < 1.29 is 0 Å². The standard InChI is InChI=1S/C23H31N7S/c1-17-8-10-30(11-9-17)20(21-7-4-12-31-21)15-26-23(24-2)25-14-18-5-3-6-19(13-18)22-27-16-28-29-22/h3-7,12-13,16-17,20H,8-11,14-15H2,1-2H3,(H2,24,25,26)(H,27,28,29). The smallest absolute Gasteiger partial charge is 0.191 e. The second kappa shape index (κ2) is 10.5. The molecule has 8 heteroatoms. The van der Waals surface area contributed by atoms with Gasteiger partial charge in [0.15, 0.2) is 11.8 Å². The van der Waals surface area contributed by atoms with E-state index in [9.17, 15) is 0 Å². The van der Waals surface area contributed by atoms with Gasteiger partial charge in [-0.3, -0.25) is 15.0 Å². The molecule has 1 fully saturated rings. The van der Waals surface area contributed by atoms with Crippen LogP contribution in [0.1, 0.15) is 36.2 Å². The van der Waals surface area contributed by atoms with E-state index in [4.69, 9.17) is 0 Å². The van der Waals surface area contributed by atoms with Gasteiger partial charge in [-0.1, -0.05) is 31.2 Å². The summed E-state index contributed by atoms with van der Waals surface area (Å²) < 4.78 is 0. The van der Waals surface area contributed by atoms with Gasteiger partial charge in [0.2, 0.25) is 0 Å². The minimum atomic E-state index is 0.376. The molecule has 3 aromatic rings. The normalized spacial score (nSPS) is 16.9. The number of aromatic nitrogens is 3. The summed E-state index contributed by atoms with van der Waals surface area (Å²) >= 11 is 1.84. The van der Waals surface area contributed by atoms with E-state index in [1.165, 1.54) is 24.0 Å². The van der Waals surface area contributed by atoms with Crippen molar-refractivity contribution in [1.29, 1.82) is 0 Å². The number of piperidine rings is 1. The number of hydrogen-bond acceptors (Lipinski definition) is 5. The van der Waals surface area contributed by atoms with Crippen molar-refractivity contribution >= 4 is 17.3 Å². The lowest BCUT2D eigenvalue weighted by Gasteiger charge is -2.36. The van der Waals surface area contributed by atoms with Gasteiger partial charge < -0.3 is 10.6 Å². The zero-order chi connectivity index (χ0) is 21.5. The molecule has 7 nitrogen and oxygen atoms in total. The maximum absolute atomic E-state index is 4.44. The van der Waals surface area contributed by atoms with Gasteiger partial charge in [-0.25, -0.2) is 4.98 Å². The molecule has 0 amide bonds. The molecular weight excluding hydrogens is 406 g/mol. The third-order valence-electron chi connectivity index (χ3n) is 5.89. The Bertz CT molecular complexity index is 944. The fourth-order valence-electron chi connectivity index (χ4n) is 4.00. The average molecular weight is 438 g/mol. The van der Waals surface area contributed by atoms with Gasteiger partial charge in [-0.2, -0.15) is 5.10 Å². The molecule has 1 atom stereocenters. The summed E-state index contributed by atoms with van der Waals surface area (Å²) in [5.74, 6) is 2.42. The van der Waals surface area contributed by atoms with E-state index < -0.39 is 0 Å². The predicted molar refractivity (Wildman–Crippen MR) is 127 cm³/mol. The number of H-pyrrole nitrogens is 1. The molecule has 1 aromatic carbocycles. The van der Waals surface area contributed by atoms with E-state index >= 15 is 0 Å². The topological polar surface area (TPSA) is 81.2 Å². The fourth-order valence-corrected chi connectivity index (χ4v) is 4.86. The molecule has 3 heterocycles. The summed E-state index contributed by atoms with van der Waals surface area (Å²) in [4.78, 5) is 12.7. The molecule has 2 aromatic heterocycles. The van der Waals surface area contributed by atoms with Crippen LogP contribution in [0.4, 0.5) is 0 Å². The number of likely N-dealkylation sites (tertiary alicyclic amines) is 1. The molecule has 31 heavy (non-hydrogen) atoms. The number of guanidine groups is 1. The van der Waals surface area contributed by atoms with Crippen LogP contribution >= 0.6 is 11.3 Å². The Morgan fingerprint density at radius 2 is 2.13 bits per heavy atom. The Hall–Kier alpha value is -2.71. The first-order valence-corrected chi connectivity index (χ1v) is 11.8. The Morgan fingerprint density at radius 3 is 2.84 bits per heavy atom. The summed E-state index contributed by atoms with van der Waals surface area (Å²) in [5, 5.41) is 16.0. The predicted octanol–water partition coefficient (Wildman–Crippen LogP) is 3.67. The van der Waals surface area contributed by atoms with Crippen molar-refractivity contribution in [3.05, 3.63) is 58.5 Å². The van der Waals surface area contributed by atoms with Gasteiger partial charge in [0.05, 0.1) is 6.04 Å². The monoisotopic (exact) mass is 437 g/mol. The first kappa shape index (κ1) is 21.5. The molecule has 0 bridgehead atoms. The molecular formula is C23H31N7S. The lowest BCUT2D eigenvalue weighted by Crippen LogP contribution is -2.44. The van der Waals surface area contributed by atoms with E-state index in [-0.39, 0.29) is 0 Å². The number of nitrogens with one attached hydrogen (secondary N) is 3. The summed E-state index contributed by atoms with van der Waals surface area (Å²) in [6.45, 7) is 6.20. The second-order valence-electron chi connectivity index (χ2n) is 8.09. The molecule has 0 saturated carbocycles. The van der Waals surface area contributed by atoms with E-state index in [1.54, 1.807) is 0 Å². The van der Waals surface area contributed by atoms with E-state index in [0.29, 0.717) is 12.6 Å². The van der Waals surface area contributed by atoms with Crippen LogP contribution in [0.15, 0.2) is 53.1 Å². The van der Waals surface area contributed by atoms with Crippen LogP contribution in [-0.4, -0.2) is 52.7 Å². The van der Waals surface area contributed by atoms with Gasteiger partial charge in [-0.15, -0.1) is 11.3 Å². The Kier molecular flexibility index (Phi) is 7.32. The molecule has 1 saturated heterocycles.